The molecule has 1 N–H and O–H groups in total. The van der Waals surface area contributed by atoms with Crippen molar-refractivity contribution in [2.75, 3.05) is 41.0 Å². The first kappa shape index (κ1) is 18.9. The lowest BCUT2D eigenvalue weighted by atomic mass is 9.99. The molecule has 1 aliphatic rings. The van der Waals surface area contributed by atoms with E-state index >= 15 is 0 Å². The Labute approximate surface area is 160 Å². The first-order chi connectivity index (χ1) is 13.2. The highest BCUT2D eigenvalue weighted by molar-refractivity contribution is 5.80. The van der Waals surface area contributed by atoms with Crippen LogP contribution in [0.2, 0.25) is 0 Å². The molecule has 0 aromatic heterocycles. The third-order valence-electron chi connectivity index (χ3n) is 4.63. The number of hydrogen-bond donors (Lipinski definition) is 1. The number of hydrogen-bond acceptors (Lipinski definition) is 4. The summed E-state index contributed by atoms with van der Waals surface area (Å²) in [7, 11) is 5.14. The third-order valence-corrected chi connectivity index (χ3v) is 4.63. The van der Waals surface area contributed by atoms with Crippen LogP contribution >= 0.6 is 0 Å². The average molecular weight is 369 g/mol. The van der Waals surface area contributed by atoms with Crippen LogP contribution in [0.15, 0.2) is 47.5 Å². The maximum atomic E-state index is 5.73. The van der Waals surface area contributed by atoms with Crippen LogP contribution in [0.25, 0.3) is 0 Å². The zero-order chi connectivity index (χ0) is 19.1. The summed E-state index contributed by atoms with van der Waals surface area (Å²) in [6.07, 6.45) is 0.941. The Balaban J connectivity index is 1.57. The lowest BCUT2D eigenvalue weighted by Crippen LogP contribution is -2.45. The van der Waals surface area contributed by atoms with Crippen LogP contribution in [0.4, 0.5) is 0 Å². The number of fused-ring (bicyclic) bond motifs is 1. The van der Waals surface area contributed by atoms with Gasteiger partial charge in [-0.3, -0.25) is 4.99 Å². The molecule has 2 aromatic rings. The van der Waals surface area contributed by atoms with Gasteiger partial charge in [0.2, 0.25) is 0 Å². The highest BCUT2D eigenvalue weighted by atomic mass is 16.5. The van der Waals surface area contributed by atoms with Gasteiger partial charge in [-0.05, 0) is 41.8 Å². The van der Waals surface area contributed by atoms with Crippen molar-refractivity contribution in [1.29, 1.82) is 0 Å². The molecule has 0 amide bonds. The Bertz CT molecular complexity index is 778. The fourth-order valence-electron chi connectivity index (χ4n) is 3.24. The highest BCUT2D eigenvalue weighted by Gasteiger charge is 2.21. The lowest BCUT2D eigenvalue weighted by Gasteiger charge is -2.32. The lowest BCUT2D eigenvalue weighted by molar-refractivity contribution is 0.314. The number of nitrogens with zero attached hydrogens (tertiary/aromatic N) is 2. The summed E-state index contributed by atoms with van der Waals surface area (Å²) in [6, 6.07) is 14.0. The average Bonchev–Trinajstić information content (AvgIpc) is 2.73. The summed E-state index contributed by atoms with van der Waals surface area (Å²) >= 11 is 0. The number of para-hydroxylation sites is 1. The van der Waals surface area contributed by atoms with Gasteiger partial charge in [-0.2, -0.15) is 0 Å². The highest BCUT2D eigenvalue weighted by Crippen LogP contribution is 2.33. The van der Waals surface area contributed by atoms with Gasteiger partial charge in [-0.1, -0.05) is 18.2 Å². The number of methoxy groups -OCH3 is 2. The third kappa shape index (κ3) is 4.64. The Morgan fingerprint density at radius 3 is 2.44 bits per heavy atom. The standard InChI is InChI=1S/C21H27N3O3/c1-22-21(23-10-12-27-18-7-5-4-6-8-18)24-11-9-16-13-19(25-2)20(26-3)14-17(16)15-24/h4-8,13-14H,9-12,15H2,1-3H3,(H,22,23). The molecular weight excluding hydrogens is 342 g/mol. The second kappa shape index (κ2) is 9.16. The summed E-state index contributed by atoms with van der Waals surface area (Å²) in [5.41, 5.74) is 2.54. The van der Waals surface area contributed by atoms with E-state index in [1.54, 1.807) is 14.2 Å². The predicted octanol–water partition coefficient (Wildman–Crippen LogP) is 2.72. The zero-order valence-corrected chi connectivity index (χ0v) is 16.2. The van der Waals surface area contributed by atoms with E-state index in [2.05, 4.69) is 27.3 Å². The van der Waals surface area contributed by atoms with Crippen molar-refractivity contribution in [3.05, 3.63) is 53.6 Å². The van der Waals surface area contributed by atoms with Crippen LogP contribution in [0.3, 0.4) is 0 Å². The number of ether oxygens (including phenoxy) is 3. The molecule has 0 bridgehead atoms. The molecule has 0 saturated carbocycles. The Hall–Kier alpha value is -2.89. The fourth-order valence-corrected chi connectivity index (χ4v) is 3.24. The van der Waals surface area contributed by atoms with Crippen molar-refractivity contribution in [3.8, 4) is 17.2 Å². The van der Waals surface area contributed by atoms with Crippen LogP contribution in [-0.2, 0) is 13.0 Å². The smallest absolute Gasteiger partial charge is 0.194 e. The Morgan fingerprint density at radius 2 is 1.78 bits per heavy atom. The molecule has 0 saturated heterocycles. The number of benzene rings is 2. The largest absolute Gasteiger partial charge is 0.493 e. The van der Waals surface area contributed by atoms with Crippen LogP contribution in [0, 0.1) is 0 Å². The zero-order valence-electron chi connectivity index (χ0n) is 16.2. The maximum Gasteiger partial charge on any atom is 0.194 e. The monoisotopic (exact) mass is 369 g/mol. The SMILES string of the molecule is CN=C(NCCOc1ccccc1)N1CCc2cc(OC)c(OC)cc2C1. The fraction of sp³-hybridized carbons (Fsp3) is 0.381. The number of aliphatic imine (C=N–C) groups is 1. The van der Waals surface area contributed by atoms with Crippen molar-refractivity contribution in [3.63, 3.8) is 0 Å². The van der Waals surface area contributed by atoms with Crippen LogP contribution < -0.4 is 19.5 Å². The molecular formula is C21H27N3O3. The molecule has 27 heavy (non-hydrogen) atoms. The minimum absolute atomic E-state index is 0.582. The first-order valence-electron chi connectivity index (χ1n) is 9.12. The van der Waals surface area contributed by atoms with E-state index in [-0.39, 0.29) is 0 Å². The molecule has 1 heterocycles. The van der Waals surface area contributed by atoms with Gasteiger partial charge in [0.1, 0.15) is 12.4 Å². The van der Waals surface area contributed by atoms with Gasteiger partial charge >= 0.3 is 0 Å². The van der Waals surface area contributed by atoms with E-state index in [1.165, 1.54) is 11.1 Å². The molecule has 0 fully saturated rings. The van der Waals surface area contributed by atoms with E-state index in [1.807, 2.05) is 37.4 Å². The molecule has 6 nitrogen and oxygen atoms in total. The van der Waals surface area contributed by atoms with Crippen molar-refractivity contribution in [1.82, 2.24) is 10.2 Å². The van der Waals surface area contributed by atoms with E-state index < -0.39 is 0 Å². The molecule has 1 aliphatic heterocycles. The molecule has 0 radical (unpaired) electrons. The molecule has 0 unspecified atom stereocenters. The molecule has 6 heteroatoms. The summed E-state index contributed by atoms with van der Waals surface area (Å²) in [5.74, 6) is 3.30. The van der Waals surface area contributed by atoms with Gasteiger partial charge in [0, 0.05) is 20.1 Å². The number of rotatable bonds is 6. The van der Waals surface area contributed by atoms with Crippen LogP contribution in [0.1, 0.15) is 11.1 Å². The van der Waals surface area contributed by atoms with Gasteiger partial charge in [0.05, 0.1) is 20.8 Å². The Kier molecular flexibility index (Phi) is 6.41. The second-order valence-corrected chi connectivity index (χ2v) is 6.28. The number of guanidine groups is 1. The van der Waals surface area contributed by atoms with Gasteiger partial charge in [-0.25, -0.2) is 0 Å². The van der Waals surface area contributed by atoms with E-state index in [4.69, 9.17) is 14.2 Å². The van der Waals surface area contributed by atoms with Crippen molar-refractivity contribution in [2.24, 2.45) is 4.99 Å². The van der Waals surface area contributed by atoms with Gasteiger partial charge in [0.15, 0.2) is 17.5 Å². The summed E-state index contributed by atoms with van der Waals surface area (Å²) in [5, 5.41) is 3.39. The second-order valence-electron chi connectivity index (χ2n) is 6.28. The maximum absolute atomic E-state index is 5.73. The topological polar surface area (TPSA) is 55.3 Å². The molecule has 3 rings (SSSR count). The van der Waals surface area contributed by atoms with Crippen molar-refractivity contribution in [2.45, 2.75) is 13.0 Å². The summed E-state index contributed by atoms with van der Waals surface area (Å²) in [4.78, 5) is 6.67. The minimum Gasteiger partial charge on any atom is -0.493 e. The van der Waals surface area contributed by atoms with Gasteiger partial charge in [-0.15, -0.1) is 0 Å². The minimum atomic E-state index is 0.582. The molecule has 144 valence electrons. The quantitative estimate of drug-likeness (QED) is 0.482. The summed E-state index contributed by atoms with van der Waals surface area (Å²) in [6.45, 7) is 2.96. The van der Waals surface area contributed by atoms with Gasteiger partial charge in [0.25, 0.3) is 0 Å². The molecule has 0 atom stereocenters. The van der Waals surface area contributed by atoms with Crippen LogP contribution in [-0.4, -0.2) is 51.8 Å². The summed E-state index contributed by atoms with van der Waals surface area (Å²) < 4.78 is 16.6. The molecule has 2 aromatic carbocycles. The molecule has 0 aliphatic carbocycles. The predicted molar refractivity (Wildman–Crippen MR) is 107 cm³/mol. The first-order valence-corrected chi connectivity index (χ1v) is 9.12. The van der Waals surface area contributed by atoms with Crippen molar-refractivity contribution >= 4 is 5.96 Å². The van der Waals surface area contributed by atoms with Crippen LogP contribution in [0.5, 0.6) is 17.2 Å². The van der Waals surface area contributed by atoms with E-state index in [0.29, 0.717) is 13.2 Å². The Morgan fingerprint density at radius 1 is 1.07 bits per heavy atom. The van der Waals surface area contributed by atoms with Crippen molar-refractivity contribution < 1.29 is 14.2 Å². The van der Waals surface area contributed by atoms with Gasteiger partial charge < -0.3 is 24.4 Å². The van der Waals surface area contributed by atoms with E-state index in [0.717, 1.165) is 42.7 Å². The normalized spacial score (nSPS) is 13.7. The molecule has 0 spiro atoms. The van der Waals surface area contributed by atoms with E-state index in [9.17, 15) is 0 Å². The number of nitrogens with one attached hydrogen (secondary N) is 1.